The number of carbonyl (C=O) groups excluding carboxylic acids is 1. The number of hydrogen-bond acceptors (Lipinski definition) is 3. The smallest absolute Gasteiger partial charge is 0.220 e. The first-order chi connectivity index (χ1) is 13.5. The summed E-state index contributed by atoms with van der Waals surface area (Å²) in [5, 5.41) is 3.88. The van der Waals surface area contributed by atoms with Crippen LogP contribution in [-0.4, -0.2) is 32.1 Å². The fraction of sp³-hybridized carbons (Fsp3) is 0.435. The Balaban J connectivity index is 1.41. The van der Waals surface area contributed by atoms with Crippen LogP contribution >= 0.6 is 11.6 Å². The molecule has 0 aromatic heterocycles. The van der Waals surface area contributed by atoms with E-state index in [2.05, 4.69) is 23.2 Å². The van der Waals surface area contributed by atoms with E-state index in [1.165, 1.54) is 11.3 Å². The minimum atomic E-state index is 0.117. The van der Waals surface area contributed by atoms with Gasteiger partial charge >= 0.3 is 0 Å². The molecule has 1 amide bonds. The van der Waals surface area contributed by atoms with E-state index in [1.54, 1.807) is 0 Å². The molecule has 4 nitrogen and oxygen atoms in total. The van der Waals surface area contributed by atoms with Crippen molar-refractivity contribution < 1.29 is 9.53 Å². The van der Waals surface area contributed by atoms with E-state index >= 15 is 0 Å². The molecule has 1 aliphatic rings. The van der Waals surface area contributed by atoms with Crippen molar-refractivity contribution in [2.24, 2.45) is 5.92 Å². The summed E-state index contributed by atoms with van der Waals surface area (Å²) in [6.45, 7) is 7.45. The van der Waals surface area contributed by atoms with Crippen LogP contribution in [0.1, 0.15) is 30.9 Å². The van der Waals surface area contributed by atoms with Crippen molar-refractivity contribution in [1.82, 2.24) is 5.32 Å². The summed E-state index contributed by atoms with van der Waals surface area (Å²) in [6.07, 6.45) is 2.35. The zero-order chi connectivity index (χ0) is 19.9. The molecule has 1 fully saturated rings. The predicted octanol–water partition coefficient (Wildman–Crippen LogP) is 4.62. The molecule has 2 aromatic rings. The Kier molecular flexibility index (Phi) is 7.21. The number of benzene rings is 2. The van der Waals surface area contributed by atoms with Crippen LogP contribution in [0.25, 0.3) is 0 Å². The minimum Gasteiger partial charge on any atom is -0.494 e. The molecule has 1 saturated heterocycles. The van der Waals surface area contributed by atoms with Gasteiger partial charge in [0, 0.05) is 36.8 Å². The third-order valence-electron chi connectivity index (χ3n) is 5.26. The number of aryl methyl sites for hydroxylation is 2. The van der Waals surface area contributed by atoms with Crippen LogP contribution < -0.4 is 15.0 Å². The van der Waals surface area contributed by atoms with Crippen LogP contribution in [0.2, 0.25) is 5.02 Å². The third-order valence-corrected chi connectivity index (χ3v) is 5.50. The highest BCUT2D eigenvalue weighted by molar-refractivity contribution is 6.30. The first-order valence-corrected chi connectivity index (χ1v) is 10.4. The molecular weight excluding hydrogens is 372 g/mol. The molecule has 1 aliphatic heterocycles. The number of anilines is 1. The summed E-state index contributed by atoms with van der Waals surface area (Å²) in [5.41, 5.74) is 3.60. The molecule has 3 rings (SSSR count). The number of ether oxygens (including phenoxy) is 1. The predicted molar refractivity (Wildman–Crippen MR) is 115 cm³/mol. The number of carbonyl (C=O) groups is 1. The van der Waals surface area contributed by atoms with Crippen LogP contribution in [0.4, 0.5) is 5.69 Å². The largest absolute Gasteiger partial charge is 0.494 e. The van der Waals surface area contributed by atoms with E-state index in [4.69, 9.17) is 16.3 Å². The third kappa shape index (κ3) is 5.65. The molecule has 0 spiro atoms. The van der Waals surface area contributed by atoms with Crippen molar-refractivity contribution >= 4 is 23.2 Å². The van der Waals surface area contributed by atoms with Gasteiger partial charge in [-0.15, -0.1) is 0 Å². The Morgan fingerprint density at radius 2 is 2.04 bits per heavy atom. The lowest BCUT2D eigenvalue weighted by Gasteiger charge is -2.21. The normalized spacial score (nSPS) is 16.2. The van der Waals surface area contributed by atoms with Crippen molar-refractivity contribution in [2.45, 2.75) is 33.1 Å². The van der Waals surface area contributed by atoms with Gasteiger partial charge < -0.3 is 15.0 Å². The number of hydrogen-bond donors (Lipinski definition) is 1. The van der Waals surface area contributed by atoms with E-state index in [9.17, 15) is 4.79 Å². The van der Waals surface area contributed by atoms with E-state index in [-0.39, 0.29) is 5.91 Å². The van der Waals surface area contributed by atoms with E-state index in [1.807, 2.05) is 43.3 Å². The number of nitrogens with zero attached hydrogens (tertiary/aromatic N) is 1. The summed E-state index contributed by atoms with van der Waals surface area (Å²) in [6, 6.07) is 14.0. The minimum absolute atomic E-state index is 0.117. The molecule has 0 radical (unpaired) electrons. The maximum absolute atomic E-state index is 12.2. The molecular formula is C23H29ClN2O2. The summed E-state index contributed by atoms with van der Waals surface area (Å²) >= 11 is 6.15. The first-order valence-electron chi connectivity index (χ1n) is 10.0. The molecule has 1 unspecified atom stereocenters. The van der Waals surface area contributed by atoms with Crippen LogP contribution in [0.15, 0.2) is 42.5 Å². The fourth-order valence-corrected chi connectivity index (χ4v) is 3.83. The van der Waals surface area contributed by atoms with Gasteiger partial charge in [0.05, 0.1) is 6.61 Å². The molecule has 2 aromatic carbocycles. The Morgan fingerprint density at radius 1 is 1.25 bits per heavy atom. The summed E-state index contributed by atoms with van der Waals surface area (Å²) in [5.74, 6) is 1.47. The van der Waals surface area contributed by atoms with Crippen molar-refractivity contribution in [3.8, 4) is 5.75 Å². The standard InChI is InChI=1S/C23H29ClN2O2/c1-3-28-21-9-5-18(6-10-21)7-11-23(27)25-15-19-12-13-26(16-19)22-14-20(24)8-4-17(22)2/h4-6,8-10,14,19H,3,7,11-13,15-16H2,1-2H3,(H,25,27). The van der Waals surface area contributed by atoms with Crippen molar-refractivity contribution in [3.63, 3.8) is 0 Å². The zero-order valence-electron chi connectivity index (χ0n) is 16.7. The maximum atomic E-state index is 12.2. The highest BCUT2D eigenvalue weighted by Crippen LogP contribution is 2.29. The van der Waals surface area contributed by atoms with Crippen molar-refractivity contribution in [3.05, 3.63) is 58.6 Å². The second-order valence-electron chi connectivity index (χ2n) is 7.41. The van der Waals surface area contributed by atoms with E-state index in [0.717, 1.165) is 48.8 Å². The van der Waals surface area contributed by atoms with E-state index in [0.29, 0.717) is 18.9 Å². The lowest BCUT2D eigenvalue weighted by molar-refractivity contribution is -0.121. The second-order valence-corrected chi connectivity index (χ2v) is 7.85. The van der Waals surface area contributed by atoms with Gasteiger partial charge in [0.1, 0.15) is 5.75 Å². The van der Waals surface area contributed by atoms with Gasteiger partial charge in [-0.3, -0.25) is 4.79 Å². The van der Waals surface area contributed by atoms with Gasteiger partial charge in [-0.25, -0.2) is 0 Å². The lowest BCUT2D eigenvalue weighted by atomic mass is 10.1. The van der Waals surface area contributed by atoms with Crippen molar-refractivity contribution in [2.75, 3.05) is 31.1 Å². The van der Waals surface area contributed by atoms with Gasteiger partial charge in [-0.2, -0.15) is 0 Å². The number of nitrogens with one attached hydrogen (secondary N) is 1. The molecule has 0 bridgehead atoms. The molecule has 1 N–H and O–H groups in total. The average molecular weight is 401 g/mol. The number of rotatable bonds is 8. The maximum Gasteiger partial charge on any atom is 0.220 e. The number of halogens is 1. The molecule has 0 aliphatic carbocycles. The topological polar surface area (TPSA) is 41.6 Å². The van der Waals surface area contributed by atoms with Gasteiger partial charge in [0.25, 0.3) is 0 Å². The Bertz CT molecular complexity index is 792. The molecule has 150 valence electrons. The SMILES string of the molecule is CCOc1ccc(CCC(=O)NCC2CCN(c3cc(Cl)ccc3C)C2)cc1. The van der Waals surface area contributed by atoms with Crippen LogP contribution in [0.3, 0.4) is 0 Å². The number of amides is 1. The average Bonchev–Trinajstić information content (AvgIpc) is 3.17. The molecule has 5 heteroatoms. The second kappa shape index (κ2) is 9.83. The Morgan fingerprint density at radius 3 is 2.79 bits per heavy atom. The van der Waals surface area contributed by atoms with Gasteiger partial charge in [-0.05, 0) is 68.0 Å². The highest BCUT2D eigenvalue weighted by atomic mass is 35.5. The fourth-order valence-electron chi connectivity index (χ4n) is 3.66. The summed E-state index contributed by atoms with van der Waals surface area (Å²) in [7, 11) is 0. The molecule has 1 heterocycles. The molecule has 1 atom stereocenters. The monoisotopic (exact) mass is 400 g/mol. The van der Waals surface area contributed by atoms with Gasteiger partial charge in [0.2, 0.25) is 5.91 Å². The Labute approximate surface area is 172 Å². The van der Waals surface area contributed by atoms with Crippen molar-refractivity contribution in [1.29, 1.82) is 0 Å². The van der Waals surface area contributed by atoms with Gasteiger partial charge in [0.15, 0.2) is 0 Å². The summed E-state index contributed by atoms with van der Waals surface area (Å²) in [4.78, 5) is 14.6. The van der Waals surface area contributed by atoms with Crippen LogP contribution in [0.5, 0.6) is 5.75 Å². The van der Waals surface area contributed by atoms with Crippen LogP contribution in [-0.2, 0) is 11.2 Å². The summed E-state index contributed by atoms with van der Waals surface area (Å²) < 4.78 is 5.45. The zero-order valence-corrected chi connectivity index (χ0v) is 17.5. The van der Waals surface area contributed by atoms with Crippen LogP contribution in [0, 0.1) is 12.8 Å². The first kappa shape index (κ1) is 20.5. The molecule has 28 heavy (non-hydrogen) atoms. The quantitative estimate of drug-likeness (QED) is 0.702. The van der Waals surface area contributed by atoms with Gasteiger partial charge in [-0.1, -0.05) is 29.8 Å². The molecule has 0 saturated carbocycles. The van der Waals surface area contributed by atoms with E-state index < -0.39 is 0 Å². The lowest BCUT2D eigenvalue weighted by Crippen LogP contribution is -2.31. The Hall–Kier alpha value is -2.20. The highest BCUT2D eigenvalue weighted by Gasteiger charge is 2.24.